The maximum atomic E-state index is 12.0. The molecule has 2 N–H and O–H groups in total. The van der Waals surface area contributed by atoms with Gasteiger partial charge < -0.3 is 15.0 Å². The Morgan fingerprint density at radius 2 is 2.25 bits per heavy atom. The van der Waals surface area contributed by atoms with E-state index in [0.717, 1.165) is 0 Å². The van der Waals surface area contributed by atoms with Crippen LogP contribution in [0.4, 0.5) is 10.2 Å². The summed E-state index contributed by atoms with van der Waals surface area (Å²) in [7, 11) is 0. The van der Waals surface area contributed by atoms with Crippen molar-refractivity contribution in [1.29, 1.82) is 0 Å². The van der Waals surface area contributed by atoms with E-state index < -0.39 is 18.2 Å². The largest absolute Gasteiger partial charge is 0.456 e. The van der Waals surface area contributed by atoms with Crippen molar-refractivity contribution >= 4 is 11.8 Å². The van der Waals surface area contributed by atoms with Crippen LogP contribution in [-0.4, -0.2) is 29.8 Å². The number of esters is 1. The molecule has 0 aromatic carbocycles. The average Bonchev–Trinajstić information content (AvgIpc) is 2.59. The van der Waals surface area contributed by atoms with E-state index in [2.05, 4.69) is 10.3 Å². The molecule has 0 radical (unpaired) electrons. The zero-order chi connectivity index (χ0) is 12.2. The predicted octanol–water partition coefficient (Wildman–Crippen LogP) is 2.35. The highest BCUT2D eigenvalue weighted by atomic mass is 19.1. The molecule has 0 saturated heterocycles. The van der Waals surface area contributed by atoms with Gasteiger partial charge in [0.15, 0.2) is 0 Å². The molecular formula is C11H17FN2O2. The van der Waals surface area contributed by atoms with Gasteiger partial charge in [0.2, 0.25) is 0 Å². The topological polar surface area (TPSA) is 54.1 Å². The molecule has 0 fully saturated rings. The third-order valence-corrected chi connectivity index (χ3v) is 1.76. The van der Waals surface area contributed by atoms with Crippen LogP contribution in [0.3, 0.4) is 0 Å². The highest BCUT2D eigenvalue weighted by Crippen LogP contribution is 2.17. The molecule has 1 rings (SSSR count). The van der Waals surface area contributed by atoms with Gasteiger partial charge in [-0.15, -0.1) is 0 Å². The summed E-state index contributed by atoms with van der Waals surface area (Å²) in [5, 5.41) is 2.78. The summed E-state index contributed by atoms with van der Waals surface area (Å²) in [4.78, 5) is 14.6. The Morgan fingerprint density at radius 1 is 1.56 bits per heavy atom. The molecule has 1 aromatic rings. The quantitative estimate of drug-likeness (QED) is 0.778. The lowest BCUT2D eigenvalue weighted by atomic mass is 10.2. The number of rotatable bonds is 4. The monoisotopic (exact) mass is 228 g/mol. The fourth-order valence-corrected chi connectivity index (χ4v) is 1.19. The van der Waals surface area contributed by atoms with Gasteiger partial charge in [-0.3, -0.25) is 0 Å². The second-order valence-corrected chi connectivity index (χ2v) is 4.38. The van der Waals surface area contributed by atoms with Crippen LogP contribution >= 0.6 is 0 Å². The summed E-state index contributed by atoms with van der Waals surface area (Å²) in [5.41, 5.74) is -0.144. The second kappa shape index (κ2) is 5.01. The van der Waals surface area contributed by atoms with Crippen molar-refractivity contribution < 1.29 is 13.9 Å². The summed E-state index contributed by atoms with van der Waals surface area (Å²) in [6.07, 6.45) is 1.61. The van der Waals surface area contributed by atoms with Gasteiger partial charge in [-0.05, 0) is 26.8 Å². The molecule has 1 aromatic heterocycles. The lowest BCUT2D eigenvalue weighted by molar-refractivity contribution is 0.00709. The summed E-state index contributed by atoms with van der Waals surface area (Å²) < 4.78 is 17.2. The Balaban J connectivity index is 2.72. The smallest absolute Gasteiger partial charge is 0.342 e. The van der Waals surface area contributed by atoms with Gasteiger partial charge in [0, 0.05) is 12.7 Å². The van der Waals surface area contributed by atoms with Gasteiger partial charge in [-0.25, -0.2) is 9.18 Å². The van der Waals surface area contributed by atoms with E-state index in [1.54, 1.807) is 33.0 Å². The van der Waals surface area contributed by atoms with Gasteiger partial charge in [0.05, 0.1) is 0 Å². The first kappa shape index (κ1) is 12.5. The van der Waals surface area contributed by atoms with Crippen molar-refractivity contribution in [2.75, 3.05) is 18.5 Å². The van der Waals surface area contributed by atoms with Crippen LogP contribution in [0.15, 0.2) is 12.3 Å². The zero-order valence-electron chi connectivity index (χ0n) is 9.76. The second-order valence-electron chi connectivity index (χ2n) is 4.38. The summed E-state index contributed by atoms with van der Waals surface area (Å²) in [6.45, 7) is 5.06. The van der Waals surface area contributed by atoms with Crippen molar-refractivity contribution in [3.8, 4) is 0 Å². The Bertz CT molecular complexity index is 355. The molecule has 0 aliphatic heterocycles. The number of alkyl halides is 1. The highest BCUT2D eigenvalue weighted by Gasteiger charge is 2.20. The number of hydrogen-bond acceptors (Lipinski definition) is 3. The maximum Gasteiger partial charge on any atom is 0.342 e. The average molecular weight is 228 g/mol. The van der Waals surface area contributed by atoms with Crippen LogP contribution < -0.4 is 5.32 Å². The molecule has 90 valence electrons. The number of anilines is 1. The van der Waals surface area contributed by atoms with Gasteiger partial charge >= 0.3 is 5.97 Å². The fraction of sp³-hybridized carbons (Fsp3) is 0.545. The lowest BCUT2D eigenvalue weighted by Gasteiger charge is -2.19. The number of H-pyrrole nitrogens is 1. The van der Waals surface area contributed by atoms with Gasteiger partial charge in [0.1, 0.15) is 23.7 Å². The van der Waals surface area contributed by atoms with Crippen molar-refractivity contribution in [2.45, 2.75) is 26.4 Å². The molecule has 0 aliphatic carbocycles. The summed E-state index contributed by atoms with van der Waals surface area (Å²) >= 11 is 0. The third kappa shape index (κ3) is 3.56. The van der Waals surface area contributed by atoms with E-state index in [4.69, 9.17) is 4.74 Å². The molecule has 0 amide bonds. The first-order valence-corrected chi connectivity index (χ1v) is 5.14. The molecule has 5 heteroatoms. The number of halogens is 1. The number of carbonyl (C=O) groups is 1. The molecule has 0 atom stereocenters. The van der Waals surface area contributed by atoms with E-state index >= 15 is 0 Å². The van der Waals surface area contributed by atoms with Crippen LogP contribution in [0, 0.1) is 0 Å². The molecule has 0 aliphatic rings. The van der Waals surface area contributed by atoms with Crippen molar-refractivity contribution in [1.82, 2.24) is 4.98 Å². The van der Waals surface area contributed by atoms with Gasteiger partial charge in [0.25, 0.3) is 0 Å². The summed E-state index contributed by atoms with van der Waals surface area (Å²) in [6, 6.07) is 1.61. The predicted molar refractivity (Wildman–Crippen MR) is 60.4 cm³/mol. The maximum absolute atomic E-state index is 12.0. The molecule has 4 nitrogen and oxygen atoms in total. The lowest BCUT2D eigenvalue weighted by Crippen LogP contribution is -2.24. The summed E-state index contributed by atoms with van der Waals surface area (Å²) in [5.74, 6) is 0.0713. The van der Waals surface area contributed by atoms with Crippen molar-refractivity contribution in [3.05, 3.63) is 17.8 Å². The number of aromatic nitrogens is 1. The standard InChI is InChI=1S/C11H17FN2O2/c1-11(2,3)16-10(15)8-4-6-13-9(8)14-7-5-12/h4,6,13-14H,5,7H2,1-3H3. The molecule has 0 unspecified atom stereocenters. The van der Waals surface area contributed by atoms with Crippen LogP contribution in [-0.2, 0) is 4.74 Å². The molecule has 16 heavy (non-hydrogen) atoms. The van der Waals surface area contributed by atoms with Crippen molar-refractivity contribution in [2.24, 2.45) is 0 Å². The number of aromatic amines is 1. The van der Waals surface area contributed by atoms with E-state index in [-0.39, 0.29) is 6.54 Å². The van der Waals surface area contributed by atoms with Crippen molar-refractivity contribution in [3.63, 3.8) is 0 Å². The Labute approximate surface area is 94.2 Å². The number of hydrogen-bond donors (Lipinski definition) is 2. The number of carbonyl (C=O) groups excluding carboxylic acids is 1. The molecular weight excluding hydrogens is 211 g/mol. The van der Waals surface area contributed by atoms with Crippen LogP contribution in [0.2, 0.25) is 0 Å². The minimum atomic E-state index is -0.536. The number of ether oxygens (including phenoxy) is 1. The molecule has 0 saturated carbocycles. The van der Waals surface area contributed by atoms with E-state index in [9.17, 15) is 9.18 Å². The zero-order valence-corrected chi connectivity index (χ0v) is 9.76. The third-order valence-electron chi connectivity index (χ3n) is 1.76. The van der Waals surface area contributed by atoms with Gasteiger partial charge in [-0.1, -0.05) is 0 Å². The number of nitrogens with one attached hydrogen (secondary N) is 2. The first-order chi connectivity index (χ1) is 7.44. The van der Waals surface area contributed by atoms with E-state index in [1.807, 2.05) is 0 Å². The Hall–Kier alpha value is -1.52. The minimum absolute atomic E-state index is 0.163. The highest BCUT2D eigenvalue weighted by molar-refractivity contribution is 5.95. The molecule has 1 heterocycles. The van der Waals surface area contributed by atoms with Crippen LogP contribution in [0.1, 0.15) is 31.1 Å². The van der Waals surface area contributed by atoms with Gasteiger partial charge in [-0.2, -0.15) is 0 Å². The SMILES string of the molecule is CC(C)(C)OC(=O)c1cc[nH]c1NCCF. The Kier molecular flexibility index (Phi) is 3.93. The fourth-order valence-electron chi connectivity index (χ4n) is 1.19. The molecule has 0 spiro atoms. The van der Waals surface area contributed by atoms with Crippen LogP contribution in [0.5, 0.6) is 0 Å². The van der Waals surface area contributed by atoms with E-state index in [1.165, 1.54) is 0 Å². The normalized spacial score (nSPS) is 11.2. The van der Waals surface area contributed by atoms with Crippen LogP contribution in [0.25, 0.3) is 0 Å². The minimum Gasteiger partial charge on any atom is -0.456 e. The first-order valence-electron chi connectivity index (χ1n) is 5.14. The van der Waals surface area contributed by atoms with E-state index in [0.29, 0.717) is 11.4 Å². The Morgan fingerprint density at radius 3 is 2.81 bits per heavy atom. The molecule has 0 bridgehead atoms.